The van der Waals surface area contributed by atoms with E-state index in [1.807, 2.05) is 31.2 Å². The number of morpholine rings is 1. The Labute approximate surface area is 167 Å². The van der Waals surface area contributed by atoms with E-state index < -0.39 is 12.1 Å². The molecule has 148 valence electrons. The van der Waals surface area contributed by atoms with Gasteiger partial charge in [0.2, 0.25) is 5.89 Å². The predicted octanol–water partition coefficient (Wildman–Crippen LogP) is 3.24. The zero-order chi connectivity index (χ0) is 20.4. The Hall–Kier alpha value is -3.45. The van der Waals surface area contributed by atoms with Crippen molar-refractivity contribution in [2.24, 2.45) is 0 Å². The van der Waals surface area contributed by atoms with Crippen LogP contribution in [-0.2, 0) is 9.53 Å². The zero-order valence-electron chi connectivity index (χ0n) is 15.9. The molecule has 1 aromatic heterocycles. The van der Waals surface area contributed by atoms with E-state index in [1.54, 1.807) is 30.5 Å². The van der Waals surface area contributed by atoms with E-state index >= 15 is 0 Å². The van der Waals surface area contributed by atoms with Gasteiger partial charge in [0.15, 0.2) is 11.9 Å². The maximum Gasteiger partial charge on any atom is 0.334 e. The van der Waals surface area contributed by atoms with Crippen LogP contribution >= 0.6 is 0 Å². The summed E-state index contributed by atoms with van der Waals surface area (Å²) in [4.78, 5) is 30.2. The minimum Gasteiger partial charge on any atom is -0.479 e. The quantitative estimate of drug-likeness (QED) is 0.733. The van der Waals surface area contributed by atoms with Crippen LogP contribution in [0.25, 0.3) is 22.8 Å². The molecule has 29 heavy (non-hydrogen) atoms. The maximum absolute atomic E-state index is 13.1. The number of aliphatic carboxylic acids is 1. The summed E-state index contributed by atoms with van der Waals surface area (Å²) in [5.74, 6) is -0.399. The molecule has 2 aromatic carbocycles. The molecule has 0 spiro atoms. The maximum atomic E-state index is 13.1. The monoisotopic (exact) mass is 392 g/mol. The number of carbonyl (C=O) groups is 2. The Bertz CT molecular complexity index is 1040. The third-order valence-corrected chi connectivity index (χ3v) is 4.86. The number of hydrogen-bond donors (Lipinski definition) is 1. The Morgan fingerprint density at radius 2 is 1.90 bits per heavy atom. The van der Waals surface area contributed by atoms with Crippen LogP contribution < -0.4 is 0 Å². The highest BCUT2D eigenvalue weighted by atomic mass is 16.5. The number of ether oxygens (including phenoxy) is 1. The normalized spacial score (nSPS) is 16.6. The van der Waals surface area contributed by atoms with Crippen LogP contribution in [0.1, 0.15) is 15.9 Å². The molecule has 0 bridgehead atoms. The van der Waals surface area contributed by atoms with Gasteiger partial charge in [0, 0.05) is 17.7 Å². The van der Waals surface area contributed by atoms with E-state index in [9.17, 15) is 14.7 Å². The summed E-state index contributed by atoms with van der Waals surface area (Å²) in [5.41, 5.74) is 3.02. The van der Waals surface area contributed by atoms with Crippen LogP contribution in [0.4, 0.5) is 0 Å². The minimum absolute atomic E-state index is 0.00268. The number of aromatic nitrogens is 1. The van der Waals surface area contributed by atoms with Crippen molar-refractivity contribution in [3.05, 3.63) is 65.9 Å². The first kappa shape index (κ1) is 18.9. The lowest BCUT2D eigenvalue weighted by Gasteiger charge is -2.31. The topological polar surface area (TPSA) is 92.9 Å². The van der Waals surface area contributed by atoms with E-state index in [0.717, 1.165) is 11.1 Å². The van der Waals surface area contributed by atoms with E-state index in [2.05, 4.69) is 4.98 Å². The van der Waals surface area contributed by atoms with E-state index in [-0.39, 0.29) is 19.1 Å². The number of rotatable bonds is 4. The van der Waals surface area contributed by atoms with Crippen molar-refractivity contribution in [3.8, 4) is 22.8 Å². The van der Waals surface area contributed by atoms with E-state index in [1.165, 1.54) is 4.90 Å². The fraction of sp³-hybridized carbons (Fsp3) is 0.227. The van der Waals surface area contributed by atoms with Gasteiger partial charge in [-0.15, -0.1) is 0 Å². The molecule has 1 N–H and O–H groups in total. The second-order valence-electron chi connectivity index (χ2n) is 6.89. The number of carbonyl (C=O) groups excluding carboxylic acids is 1. The van der Waals surface area contributed by atoms with Crippen molar-refractivity contribution in [1.82, 2.24) is 9.88 Å². The molecular weight excluding hydrogens is 372 g/mol. The molecule has 1 fully saturated rings. The Morgan fingerprint density at radius 3 is 2.66 bits per heavy atom. The van der Waals surface area contributed by atoms with Gasteiger partial charge in [-0.25, -0.2) is 9.78 Å². The molecule has 1 aliphatic rings. The molecule has 2 heterocycles. The van der Waals surface area contributed by atoms with Gasteiger partial charge in [-0.1, -0.05) is 42.0 Å². The van der Waals surface area contributed by atoms with Crippen LogP contribution in [-0.4, -0.2) is 52.7 Å². The SMILES string of the molecule is Cc1ccc(-c2cnc(-c3ccccc3C(=O)N3CCOC(C(=O)O)C3)o2)cc1. The average Bonchev–Trinajstić information content (AvgIpc) is 3.24. The first-order valence-corrected chi connectivity index (χ1v) is 9.29. The minimum atomic E-state index is -1.08. The fourth-order valence-corrected chi connectivity index (χ4v) is 3.26. The molecule has 0 saturated carbocycles. The number of aryl methyl sites for hydroxylation is 1. The number of nitrogens with zero attached hydrogens (tertiary/aromatic N) is 2. The number of benzene rings is 2. The Balaban J connectivity index is 1.63. The molecule has 1 unspecified atom stereocenters. The lowest BCUT2D eigenvalue weighted by atomic mass is 10.1. The second-order valence-corrected chi connectivity index (χ2v) is 6.89. The van der Waals surface area contributed by atoms with Gasteiger partial charge < -0.3 is 19.2 Å². The molecule has 0 aliphatic carbocycles. The van der Waals surface area contributed by atoms with Gasteiger partial charge in [0.1, 0.15) is 0 Å². The predicted molar refractivity (Wildman–Crippen MR) is 105 cm³/mol. The molecule has 7 nitrogen and oxygen atoms in total. The van der Waals surface area contributed by atoms with Gasteiger partial charge in [-0.3, -0.25) is 4.79 Å². The van der Waals surface area contributed by atoms with E-state index in [0.29, 0.717) is 29.3 Å². The van der Waals surface area contributed by atoms with Gasteiger partial charge in [0.05, 0.1) is 24.9 Å². The molecular formula is C22H20N2O5. The summed E-state index contributed by atoms with van der Waals surface area (Å²) in [7, 11) is 0. The fourth-order valence-electron chi connectivity index (χ4n) is 3.26. The number of amides is 1. The number of oxazole rings is 1. The molecule has 1 aliphatic heterocycles. The van der Waals surface area contributed by atoms with Gasteiger partial charge >= 0.3 is 5.97 Å². The lowest BCUT2D eigenvalue weighted by molar-refractivity contribution is -0.154. The van der Waals surface area contributed by atoms with Gasteiger partial charge in [-0.2, -0.15) is 0 Å². The number of carboxylic acid groups (broad SMARTS) is 1. The third-order valence-electron chi connectivity index (χ3n) is 4.86. The third kappa shape index (κ3) is 3.90. The first-order chi connectivity index (χ1) is 14.0. The average molecular weight is 392 g/mol. The first-order valence-electron chi connectivity index (χ1n) is 9.29. The Morgan fingerprint density at radius 1 is 1.14 bits per heavy atom. The van der Waals surface area contributed by atoms with Crippen molar-refractivity contribution in [2.45, 2.75) is 13.0 Å². The van der Waals surface area contributed by atoms with Crippen LogP contribution in [0, 0.1) is 6.92 Å². The summed E-state index contributed by atoms with van der Waals surface area (Å²) >= 11 is 0. The number of hydrogen-bond acceptors (Lipinski definition) is 5. The van der Waals surface area contributed by atoms with Crippen LogP contribution in [0.2, 0.25) is 0 Å². The summed E-state index contributed by atoms with van der Waals surface area (Å²) < 4.78 is 11.1. The summed E-state index contributed by atoms with van der Waals surface area (Å²) in [6.45, 7) is 2.53. The standard InChI is InChI=1S/C22H20N2O5/c1-14-6-8-15(9-7-14)18-12-23-20(29-18)16-4-2-3-5-17(16)21(25)24-10-11-28-19(13-24)22(26)27/h2-9,12,19H,10-11,13H2,1H3,(H,26,27). The highest BCUT2D eigenvalue weighted by Crippen LogP contribution is 2.29. The molecule has 0 radical (unpaired) electrons. The second kappa shape index (κ2) is 7.89. The zero-order valence-corrected chi connectivity index (χ0v) is 15.9. The Kier molecular flexibility index (Phi) is 5.14. The molecule has 1 amide bonds. The van der Waals surface area contributed by atoms with Crippen LogP contribution in [0.15, 0.2) is 59.1 Å². The molecule has 1 saturated heterocycles. The highest BCUT2D eigenvalue weighted by molar-refractivity contribution is 6.00. The molecule has 7 heteroatoms. The van der Waals surface area contributed by atoms with Crippen molar-refractivity contribution in [1.29, 1.82) is 0 Å². The van der Waals surface area contributed by atoms with Crippen molar-refractivity contribution in [2.75, 3.05) is 19.7 Å². The van der Waals surface area contributed by atoms with Crippen molar-refractivity contribution < 1.29 is 23.8 Å². The molecule has 1 atom stereocenters. The van der Waals surface area contributed by atoms with Crippen molar-refractivity contribution in [3.63, 3.8) is 0 Å². The smallest absolute Gasteiger partial charge is 0.334 e. The van der Waals surface area contributed by atoms with Crippen molar-refractivity contribution >= 4 is 11.9 Å². The molecule has 3 aromatic rings. The lowest BCUT2D eigenvalue weighted by Crippen LogP contribution is -2.48. The van der Waals surface area contributed by atoms with E-state index in [4.69, 9.17) is 9.15 Å². The summed E-state index contributed by atoms with van der Waals surface area (Å²) in [6.07, 6.45) is 0.617. The largest absolute Gasteiger partial charge is 0.479 e. The van der Waals surface area contributed by atoms with Gasteiger partial charge in [0.25, 0.3) is 5.91 Å². The summed E-state index contributed by atoms with van der Waals surface area (Å²) in [6, 6.07) is 14.9. The highest BCUT2D eigenvalue weighted by Gasteiger charge is 2.30. The van der Waals surface area contributed by atoms with Gasteiger partial charge in [-0.05, 0) is 19.1 Å². The number of carboxylic acids is 1. The summed E-state index contributed by atoms with van der Waals surface area (Å²) in [5, 5.41) is 9.18. The van der Waals surface area contributed by atoms with Crippen LogP contribution in [0.5, 0.6) is 0 Å². The molecule has 4 rings (SSSR count). The van der Waals surface area contributed by atoms with Crippen LogP contribution in [0.3, 0.4) is 0 Å².